The van der Waals surface area contributed by atoms with Gasteiger partial charge < -0.3 is 4.74 Å². The molecular formula is C20H20FN3O3S. The Bertz CT molecular complexity index is 1160. The summed E-state index contributed by atoms with van der Waals surface area (Å²) in [5, 5.41) is 0.492. The van der Waals surface area contributed by atoms with E-state index >= 15 is 0 Å². The Balaban J connectivity index is 1.77. The second-order valence-corrected chi connectivity index (χ2v) is 9.21. The molecule has 1 aliphatic carbocycles. The van der Waals surface area contributed by atoms with Gasteiger partial charge in [-0.2, -0.15) is 4.39 Å². The first-order chi connectivity index (χ1) is 13.4. The Morgan fingerprint density at radius 1 is 1.21 bits per heavy atom. The van der Waals surface area contributed by atoms with Crippen molar-refractivity contribution in [3.05, 3.63) is 47.8 Å². The smallest absolute Gasteiger partial charge is 0.309 e. The number of aromatic nitrogens is 3. The van der Waals surface area contributed by atoms with Crippen LogP contribution in [0.15, 0.2) is 30.5 Å². The topological polar surface area (TPSA) is 82.0 Å². The number of benzene rings is 1. The molecule has 1 aliphatic rings. The summed E-state index contributed by atoms with van der Waals surface area (Å²) in [4.78, 5) is 12.0. The fourth-order valence-electron chi connectivity index (χ4n) is 3.31. The maximum absolute atomic E-state index is 13.4. The number of halogens is 1. The highest BCUT2D eigenvalue weighted by Crippen LogP contribution is 2.34. The predicted molar refractivity (Wildman–Crippen MR) is 104 cm³/mol. The average molecular weight is 401 g/mol. The molecule has 3 aromatic rings. The number of sulfone groups is 1. The van der Waals surface area contributed by atoms with Crippen LogP contribution in [0.2, 0.25) is 0 Å². The molecule has 2 aromatic heterocycles. The third-order valence-corrected chi connectivity index (χ3v) is 7.10. The van der Waals surface area contributed by atoms with E-state index in [2.05, 4.69) is 15.0 Å². The van der Waals surface area contributed by atoms with Crippen molar-refractivity contribution in [2.24, 2.45) is 0 Å². The molecule has 0 amide bonds. The van der Waals surface area contributed by atoms with E-state index in [4.69, 9.17) is 4.74 Å². The molecule has 1 fully saturated rings. The summed E-state index contributed by atoms with van der Waals surface area (Å²) < 4.78 is 43.4. The van der Waals surface area contributed by atoms with Gasteiger partial charge in [0.25, 0.3) is 0 Å². The molecule has 2 heterocycles. The van der Waals surface area contributed by atoms with Gasteiger partial charge in [0.05, 0.1) is 29.3 Å². The third-order valence-electron chi connectivity index (χ3n) is 4.92. The first-order valence-electron chi connectivity index (χ1n) is 9.12. The molecule has 1 saturated carbocycles. The Hall–Kier alpha value is -2.61. The van der Waals surface area contributed by atoms with Crippen LogP contribution < -0.4 is 4.74 Å². The minimum Gasteiger partial charge on any atom is -0.481 e. The van der Waals surface area contributed by atoms with Gasteiger partial charge in [-0.15, -0.1) is 0 Å². The van der Waals surface area contributed by atoms with Crippen molar-refractivity contribution >= 4 is 20.7 Å². The van der Waals surface area contributed by atoms with Gasteiger partial charge in [-0.05, 0) is 54.7 Å². The standard InChI is InChI=1S/C20H20FN3O3S/c1-3-12-8-13(9-14-10-22-20(21)24-18(12)14)17-7-4-15(23-19(17)27-2)11-28(25,26)16-5-6-16/h4,7-10,16H,3,5-6,11H2,1-2H3. The van der Waals surface area contributed by atoms with Gasteiger partial charge in [-0.25, -0.2) is 23.4 Å². The summed E-state index contributed by atoms with van der Waals surface area (Å²) in [6.07, 6.45) is 2.84. The minimum absolute atomic E-state index is 0.0840. The highest BCUT2D eigenvalue weighted by Gasteiger charge is 2.35. The Morgan fingerprint density at radius 2 is 2.00 bits per heavy atom. The van der Waals surface area contributed by atoms with Crippen LogP contribution in [0.1, 0.15) is 31.0 Å². The molecule has 146 valence electrons. The monoisotopic (exact) mass is 401 g/mol. The molecule has 0 aliphatic heterocycles. The zero-order valence-corrected chi connectivity index (χ0v) is 16.5. The Morgan fingerprint density at radius 3 is 2.68 bits per heavy atom. The quantitative estimate of drug-likeness (QED) is 0.588. The van der Waals surface area contributed by atoms with E-state index in [1.807, 2.05) is 25.1 Å². The number of hydrogen-bond acceptors (Lipinski definition) is 6. The largest absolute Gasteiger partial charge is 0.481 e. The lowest BCUT2D eigenvalue weighted by molar-refractivity contribution is 0.398. The van der Waals surface area contributed by atoms with Crippen LogP contribution in [-0.4, -0.2) is 35.7 Å². The van der Waals surface area contributed by atoms with Gasteiger partial charge in [-0.3, -0.25) is 0 Å². The van der Waals surface area contributed by atoms with E-state index in [1.165, 1.54) is 13.3 Å². The second kappa shape index (κ2) is 7.09. The maximum Gasteiger partial charge on any atom is 0.309 e. The highest BCUT2D eigenvalue weighted by atomic mass is 32.2. The zero-order chi connectivity index (χ0) is 19.9. The lowest BCUT2D eigenvalue weighted by Gasteiger charge is -2.12. The van der Waals surface area contributed by atoms with Gasteiger partial charge in [0.1, 0.15) is 0 Å². The summed E-state index contributed by atoms with van der Waals surface area (Å²) >= 11 is 0. The van der Waals surface area contributed by atoms with E-state index in [0.29, 0.717) is 23.5 Å². The summed E-state index contributed by atoms with van der Waals surface area (Å²) in [6.45, 7) is 1.97. The van der Waals surface area contributed by atoms with Gasteiger partial charge >= 0.3 is 6.08 Å². The predicted octanol–water partition coefficient (Wildman–Crippen LogP) is 3.48. The van der Waals surface area contributed by atoms with Crippen molar-refractivity contribution < 1.29 is 17.5 Å². The van der Waals surface area contributed by atoms with Crippen LogP contribution in [-0.2, 0) is 22.0 Å². The molecule has 0 spiro atoms. The fraction of sp³-hybridized carbons (Fsp3) is 0.350. The SMILES string of the molecule is CCc1cc(-c2ccc(CS(=O)(=O)C3CC3)nc2OC)cc2cnc(F)nc12. The molecule has 8 heteroatoms. The van der Waals surface area contributed by atoms with Gasteiger partial charge in [0, 0.05) is 17.1 Å². The van der Waals surface area contributed by atoms with E-state index in [0.717, 1.165) is 34.9 Å². The Kier molecular flexibility index (Phi) is 4.74. The summed E-state index contributed by atoms with van der Waals surface area (Å²) in [5.74, 6) is 0.271. The summed E-state index contributed by atoms with van der Waals surface area (Å²) in [7, 11) is -1.65. The average Bonchev–Trinajstić information content (AvgIpc) is 3.53. The molecular weight excluding hydrogens is 381 g/mol. The number of hydrogen-bond donors (Lipinski definition) is 0. The van der Waals surface area contributed by atoms with E-state index in [1.54, 1.807) is 6.07 Å². The summed E-state index contributed by atoms with van der Waals surface area (Å²) in [5.41, 5.74) is 3.50. The molecule has 28 heavy (non-hydrogen) atoms. The number of pyridine rings is 1. The van der Waals surface area contributed by atoms with E-state index < -0.39 is 15.9 Å². The molecule has 0 unspecified atom stereocenters. The number of nitrogens with zero attached hydrogens (tertiary/aromatic N) is 3. The van der Waals surface area contributed by atoms with Gasteiger partial charge in [0.2, 0.25) is 5.88 Å². The van der Waals surface area contributed by atoms with Crippen molar-refractivity contribution in [3.8, 4) is 17.0 Å². The molecule has 0 bridgehead atoms. The van der Waals surface area contributed by atoms with Crippen LogP contribution in [0, 0.1) is 6.08 Å². The van der Waals surface area contributed by atoms with Crippen molar-refractivity contribution in [3.63, 3.8) is 0 Å². The van der Waals surface area contributed by atoms with Crippen LogP contribution in [0.25, 0.3) is 22.0 Å². The van der Waals surface area contributed by atoms with E-state index in [-0.39, 0.29) is 11.0 Å². The normalized spacial score (nSPS) is 14.4. The van der Waals surface area contributed by atoms with Crippen LogP contribution in [0.4, 0.5) is 4.39 Å². The van der Waals surface area contributed by atoms with Gasteiger partial charge in [0.15, 0.2) is 9.84 Å². The van der Waals surface area contributed by atoms with Crippen molar-refractivity contribution in [2.75, 3.05) is 7.11 Å². The maximum atomic E-state index is 13.4. The molecule has 0 atom stereocenters. The van der Waals surface area contributed by atoms with Crippen molar-refractivity contribution in [1.29, 1.82) is 0 Å². The molecule has 0 radical (unpaired) electrons. The van der Waals surface area contributed by atoms with Crippen LogP contribution in [0.3, 0.4) is 0 Å². The zero-order valence-electron chi connectivity index (χ0n) is 15.6. The number of rotatable bonds is 6. The van der Waals surface area contributed by atoms with Crippen LogP contribution >= 0.6 is 0 Å². The highest BCUT2D eigenvalue weighted by molar-refractivity contribution is 7.91. The third kappa shape index (κ3) is 3.56. The lowest BCUT2D eigenvalue weighted by atomic mass is 9.99. The Labute approximate surface area is 162 Å². The summed E-state index contributed by atoms with van der Waals surface area (Å²) in [6, 6.07) is 7.31. The lowest BCUT2D eigenvalue weighted by Crippen LogP contribution is -2.11. The first kappa shape index (κ1) is 18.7. The second-order valence-electron chi connectivity index (χ2n) is 6.93. The fourth-order valence-corrected chi connectivity index (χ4v) is 4.97. The van der Waals surface area contributed by atoms with Crippen molar-refractivity contribution in [2.45, 2.75) is 37.2 Å². The van der Waals surface area contributed by atoms with E-state index in [9.17, 15) is 12.8 Å². The minimum atomic E-state index is -3.16. The van der Waals surface area contributed by atoms with Crippen LogP contribution in [0.5, 0.6) is 5.88 Å². The molecule has 0 N–H and O–H groups in total. The molecule has 1 aromatic carbocycles. The molecule has 0 saturated heterocycles. The molecule has 6 nitrogen and oxygen atoms in total. The van der Waals surface area contributed by atoms with Gasteiger partial charge in [-0.1, -0.05) is 6.92 Å². The number of ether oxygens (including phenoxy) is 1. The molecule has 4 rings (SSSR count). The number of methoxy groups -OCH3 is 1. The first-order valence-corrected chi connectivity index (χ1v) is 10.8. The number of fused-ring (bicyclic) bond motifs is 1. The number of aryl methyl sites for hydroxylation is 1. The van der Waals surface area contributed by atoms with Crippen molar-refractivity contribution in [1.82, 2.24) is 15.0 Å².